The molecule has 0 aromatic carbocycles. The van der Waals surface area contributed by atoms with Crippen LogP contribution < -0.4 is 0 Å². The summed E-state index contributed by atoms with van der Waals surface area (Å²) in [6.07, 6.45) is 7.30. The molecule has 0 saturated heterocycles. The van der Waals surface area contributed by atoms with E-state index in [1.165, 1.54) is 0 Å². The van der Waals surface area contributed by atoms with E-state index in [1.54, 1.807) is 0 Å². The first-order valence-corrected chi connectivity index (χ1v) is 9.43. The molecule has 0 heterocycles. The predicted octanol–water partition coefficient (Wildman–Crippen LogP) is 4.80. The lowest BCUT2D eigenvalue weighted by molar-refractivity contribution is -0.0683. The monoisotopic (exact) mass is 312 g/mol. The molecule has 4 heteroatoms. The van der Waals surface area contributed by atoms with E-state index in [1.807, 2.05) is 62.3 Å². The van der Waals surface area contributed by atoms with E-state index in [2.05, 4.69) is 18.2 Å². The summed E-state index contributed by atoms with van der Waals surface area (Å²) in [5.41, 5.74) is -1.00. The van der Waals surface area contributed by atoms with Crippen LogP contribution in [-0.4, -0.2) is 25.6 Å². The highest BCUT2D eigenvalue weighted by molar-refractivity contribution is 6.70. The normalized spacial score (nSPS) is 17.3. The van der Waals surface area contributed by atoms with Gasteiger partial charge in [0.25, 0.3) is 0 Å². The van der Waals surface area contributed by atoms with Crippen LogP contribution in [0, 0.1) is 0 Å². The standard InChI is InChI=1S/C17H32O3Si/c1-15(2,3)18-21(19-16(4,5)6,20-17(7,8)9)14-12-10-11-13-14/h10,12-13H,11H2,1-9H3. The smallest absolute Gasteiger partial charge is 0.365 e. The zero-order chi connectivity index (χ0) is 16.5. The van der Waals surface area contributed by atoms with E-state index in [9.17, 15) is 0 Å². The largest absolute Gasteiger partial charge is 0.538 e. The van der Waals surface area contributed by atoms with Crippen LogP contribution in [0.4, 0.5) is 0 Å². The Labute approximate surface area is 131 Å². The highest BCUT2D eigenvalue weighted by atomic mass is 28.4. The maximum atomic E-state index is 6.44. The van der Waals surface area contributed by atoms with Gasteiger partial charge in [0, 0.05) is 5.20 Å². The highest BCUT2D eigenvalue weighted by Gasteiger charge is 2.53. The van der Waals surface area contributed by atoms with E-state index < -0.39 is 8.80 Å². The van der Waals surface area contributed by atoms with Crippen LogP contribution >= 0.6 is 0 Å². The van der Waals surface area contributed by atoms with E-state index in [4.69, 9.17) is 13.3 Å². The lowest BCUT2D eigenvalue weighted by Gasteiger charge is -2.43. The first-order chi connectivity index (χ1) is 9.23. The summed E-state index contributed by atoms with van der Waals surface area (Å²) in [6.45, 7) is 18.4. The maximum absolute atomic E-state index is 6.44. The third-order valence-corrected chi connectivity index (χ3v) is 6.17. The fraction of sp³-hybridized carbons (Fsp3) is 0.765. The molecule has 1 aliphatic carbocycles. The zero-order valence-corrected chi connectivity index (χ0v) is 16.2. The summed E-state index contributed by atoms with van der Waals surface area (Å²) in [6, 6.07) is 0. The van der Waals surface area contributed by atoms with Crippen molar-refractivity contribution in [3.05, 3.63) is 23.4 Å². The van der Waals surface area contributed by atoms with Crippen molar-refractivity contribution in [1.82, 2.24) is 0 Å². The Balaban J connectivity index is 3.28. The summed E-state index contributed by atoms with van der Waals surface area (Å²) < 4.78 is 19.3. The van der Waals surface area contributed by atoms with E-state index in [-0.39, 0.29) is 16.8 Å². The van der Waals surface area contributed by atoms with Gasteiger partial charge in [-0.1, -0.05) is 18.2 Å². The van der Waals surface area contributed by atoms with Crippen molar-refractivity contribution in [2.24, 2.45) is 0 Å². The van der Waals surface area contributed by atoms with Gasteiger partial charge >= 0.3 is 8.80 Å². The van der Waals surface area contributed by atoms with E-state index in [0.29, 0.717) is 0 Å². The quantitative estimate of drug-likeness (QED) is 0.698. The molecule has 0 spiro atoms. The molecular formula is C17H32O3Si. The average Bonchev–Trinajstić information content (AvgIpc) is 2.59. The number of hydrogen-bond donors (Lipinski definition) is 0. The second kappa shape index (κ2) is 5.99. The molecule has 1 rings (SSSR count). The summed E-state index contributed by atoms with van der Waals surface area (Å²) in [4.78, 5) is 0. The fourth-order valence-electron chi connectivity index (χ4n) is 2.13. The molecule has 0 saturated carbocycles. The summed E-state index contributed by atoms with van der Waals surface area (Å²) >= 11 is 0. The summed E-state index contributed by atoms with van der Waals surface area (Å²) in [5.74, 6) is 0. The van der Waals surface area contributed by atoms with Crippen LogP contribution in [-0.2, 0) is 13.3 Å². The topological polar surface area (TPSA) is 27.7 Å². The Hall–Kier alpha value is -0.423. The van der Waals surface area contributed by atoms with E-state index >= 15 is 0 Å². The molecular weight excluding hydrogens is 280 g/mol. The van der Waals surface area contributed by atoms with Gasteiger partial charge in [0.05, 0.1) is 16.8 Å². The van der Waals surface area contributed by atoms with Gasteiger partial charge in [-0.05, 0) is 68.7 Å². The van der Waals surface area contributed by atoms with Crippen LogP contribution in [0.2, 0.25) is 0 Å². The Morgan fingerprint density at radius 1 is 0.762 bits per heavy atom. The van der Waals surface area contributed by atoms with Crippen LogP contribution in [0.1, 0.15) is 68.7 Å². The Bertz CT molecular complexity index is 376. The van der Waals surface area contributed by atoms with Gasteiger partial charge in [0.15, 0.2) is 0 Å². The minimum absolute atomic E-state index is 0.333. The van der Waals surface area contributed by atoms with Gasteiger partial charge in [-0.15, -0.1) is 0 Å². The molecule has 122 valence electrons. The fourth-order valence-corrected chi connectivity index (χ4v) is 5.72. The Morgan fingerprint density at radius 2 is 1.14 bits per heavy atom. The average molecular weight is 313 g/mol. The van der Waals surface area contributed by atoms with Gasteiger partial charge in [0.1, 0.15) is 0 Å². The number of hydrogen-bond acceptors (Lipinski definition) is 3. The summed E-state index contributed by atoms with van der Waals surface area (Å²) in [5, 5.41) is 1.07. The van der Waals surface area contributed by atoms with Crippen molar-refractivity contribution in [3.8, 4) is 0 Å². The molecule has 0 fully saturated rings. The molecule has 0 unspecified atom stereocenters. The number of rotatable bonds is 4. The highest BCUT2D eigenvalue weighted by Crippen LogP contribution is 2.35. The molecule has 1 aliphatic rings. The molecule has 0 amide bonds. The second-order valence-electron chi connectivity index (χ2n) is 8.50. The predicted molar refractivity (Wildman–Crippen MR) is 90.1 cm³/mol. The van der Waals surface area contributed by atoms with Crippen LogP contribution in [0.5, 0.6) is 0 Å². The second-order valence-corrected chi connectivity index (χ2v) is 10.8. The van der Waals surface area contributed by atoms with Crippen LogP contribution in [0.25, 0.3) is 0 Å². The molecule has 0 aromatic heterocycles. The van der Waals surface area contributed by atoms with Crippen molar-refractivity contribution in [2.45, 2.75) is 85.5 Å². The molecule has 0 atom stereocenters. The molecule has 0 radical (unpaired) electrons. The van der Waals surface area contributed by atoms with Crippen molar-refractivity contribution >= 4 is 8.80 Å². The lowest BCUT2D eigenvalue weighted by atomic mass is 10.2. The third kappa shape index (κ3) is 6.47. The number of allylic oxidation sites excluding steroid dienone is 4. The maximum Gasteiger partial charge on any atom is 0.538 e. The van der Waals surface area contributed by atoms with Gasteiger partial charge < -0.3 is 13.3 Å². The zero-order valence-electron chi connectivity index (χ0n) is 15.2. The van der Waals surface area contributed by atoms with E-state index in [0.717, 1.165) is 11.6 Å². The molecule has 21 heavy (non-hydrogen) atoms. The minimum atomic E-state index is -2.99. The molecule has 0 aliphatic heterocycles. The first kappa shape index (κ1) is 18.6. The van der Waals surface area contributed by atoms with Crippen molar-refractivity contribution in [3.63, 3.8) is 0 Å². The van der Waals surface area contributed by atoms with Crippen molar-refractivity contribution < 1.29 is 13.3 Å². The van der Waals surface area contributed by atoms with Crippen LogP contribution in [0.3, 0.4) is 0 Å². The SMILES string of the molecule is CC(C)(C)O[Si](OC(C)(C)C)(OC(C)(C)C)C1=CCC=C1. The Morgan fingerprint density at radius 3 is 1.38 bits per heavy atom. The van der Waals surface area contributed by atoms with Crippen molar-refractivity contribution in [1.29, 1.82) is 0 Å². The van der Waals surface area contributed by atoms with Gasteiger partial charge in [0.2, 0.25) is 0 Å². The van der Waals surface area contributed by atoms with Gasteiger partial charge in [-0.2, -0.15) is 0 Å². The third-order valence-electron chi connectivity index (χ3n) is 2.45. The Kier molecular flexibility index (Phi) is 5.31. The summed E-state index contributed by atoms with van der Waals surface area (Å²) in [7, 11) is -2.99. The molecule has 0 aromatic rings. The van der Waals surface area contributed by atoms with Gasteiger partial charge in [-0.25, -0.2) is 0 Å². The molecule has 0 N–H and O–H groups in total. The molecule has 3 nitrogen and oxygen atoms in total. The van der Waals surface area contributed by atoms with Crippen molar-refractivity contribution in [2.75, 3.05) is 0 Å². The lowest BCUT2D eigenvalue weighted by Crippen LogP contribution is -2.58. The van der Waals surface area contributed by atoms with Crippen LogP contribution in [0.15, 0.2) is 23.4 Å². The first-order valence-electron chi connectivity index (χ1n) is 7.70. The minimum Gasteiger partial charge on any atom is -0.365 e. The van der Waals surface area contributed by atoms with Gasteiger partial charge in [-0.3, -0.25) is 0 Å². The molecule has 0 bridgehead atoms.